The van der Waals surface area contributed by atoms with Crippen LogP contribution in [0, 0.1) is 0 Å². The first kappa shape index (κ1) is 21.3. The number of benzene rings is 1. The minimum absolute atomic E-state index is 0. The van der Waals surface area contributed by atoms with E-state index in [1.165, 1.54) is 6.07 Å². The van der Waals surface area contributed by atoms with Crippen molar-refractivity contribution in [1.29, 1.82) is 0 Å². The van der Waals surface area contributed by atoms with Crippen molar-refractivity contribution < 1.29 is 13.9 Å². The summed E-state index contributed by atoms with van der Waals surface area (Å²) in [4.78, 5) is 29.5. The van der Waals surface area contributed by atoms with Gasteiger partial charge in [-0.15, -0.1) is 17.0 Å². The second kappa shape index (κ2) is 8.97. The molecule has 2 aliphatic heterocycles. The van der Waals surface area contributed by atoms with Crippen LogP contribution in [0.15, 0.2) is 27.4 Å². The summed E-state index contributed by atoms with van der Waals surface area (Å²) in [6.45, 7) is 6.15. The third-order valence-corrected chi connectivity index (χ3v) is 5.73. The molecule has 8 heteroatoms. The average Bonchev–Trinajstić information content (AvgIpc) is 3.22. The number of carbonyl (C=O) groups excluding carboxylic acids is 1. The summed E-state index contributed by atoms with van der Waals surface area (Å²) in [6.07, 6.45) is 2.07. The van der Waals surface area contributed by atoms with Gasteiger partial charge in [0.1, 0.15) is 5.58 Å². The van der Waals surface area contributed by atoms with E-state index in [2.05, 4.69) is 15.9 Å². The van der Waals surface area contributed by atoms with E-state index in [-0.39, 0.29) is 33.1 Å². The van der Waals surface area contributed by atoms with E-state index >= 15 is 0 Å². The molecule has 1 atom stereocenters. The maximum absolute atomic E-state index is 12.9. The highest BCUT2D eigenvalue weighted by molar-refractivity contribution is 9.09. The average molecular weight is 516 g/mol. The summed E-state index contributed by atoms with van der Waals surface area (Å²) in [7, 11) is 0. The molecule has 2 fully saturated rings. The van der Waals surface area contributed by atoms with Gasteiger partial charge in [0, 0.05) is 48.2 Å². The molecule has 28 heavy (non-hydrogen) atoms. The van der Waals surface area contributed by atoms with E-state index in [1.807, 2.05) is 22.8 Å². The van der Waals surface area contributed by atoms with Gasteiger partial charge >= 0.3 is 0 Å². The number of morpholine rings is 1. The number of nitrogens with zero attached hydrogens (tertiary/aromatic N) is 2. The van der Waals surface area contributed by atoms with Crippen LogP contribution in [0.2, 0.25) is 0 Å². The maximum atomic E-state index is 12.9. The quantitative estimate of drug-likeness (QED) is 0.580. The molecule has 1 aromatic heterocycles. The Morgan fingerprint density at radius 1 is 1.11 bits per heavy atom. The number of carbonyl (C=O) groups is 1. The van der Waals surface area contributed by atoms with Crippen molar-refractivity contribution in [3.05, 3.63) is 39.5 Å². The molecule has 1 amide bonds. The lowest BCUT2D eigenvalue weighted by Crippen LogP contribution is -2.36. The molecule has 152 valence electrons. The Morgan fingerprint density at radius 3 is 2.43 bits per heavy atom. The molecule has 0 radical (unpaired) electrons. The Morgan fingerprint density at radius 2 is 1.79 bits per heavy atom. The number of likely N-dealkylation sites (tertiary alicyclic amines) is 1. The number of hydrogen-bond acceptors (Lipinski definition) is 5. The molecule has 2 aliphatic rings. The highest BCUT2D eigenvalue weighted by atomic mass is 79.9. The molecule has 6 nitrogen and oxygen atoms in total. The zero-order valence-electron chi connectivity index (χ0n) is 15.8. The van der Waals surface area contributed by atoms with Gasteiger partial charge in [-0.2, -0.15) is 0 Å². The molecule has 0 spiro atoms. The lowest BCUT2D eigenvalue weighted by atomic mass is 10.0. The summed E-state index contributed by atoms with van der Waals surface area (Å²) < 4.78 is 11.5. The van der Waals surface area contributed by atoms with Crippen LogP contribution in [0.5, 0.6) is 0 Å². The number of anilines is 1. The van der Waals surface area contributed by atoms with E-state index in [1.54, 1.807) is 6.07 Å². The van der Waals surface area contributed by atoms with Gasteiger partial charge in [0.05, 0.1) is 18.6 Å². The monoisotopic (exact) mass is 514 g/mol. The van der Waals surface area contributed by atoms with Gasteiger partial charge in [-0.3, -0.25) is 9.59 Å². The Hall–Kier alpha value is -1.38. The van der Waals surface area contributed by atoms with Gasteiger partial charge in [0.2, 0.25) is 0 Å². The number of alkyl halides is 1. The number of halogens is 2. The topological polar surface area (TPSA) is 63.0 Å². The molecule has 0 bridgehead atoms. The molecule has 3 heterocycles. The van der Waals surface area contributed by atoms with E-state index in [0.717, 1.165) is 31.5 Å². The normalized spacial score (nSPS) is 18.2. The molecule has 4 rings (SSSR count). The third kappa shape index (κ3) is 4.14. The lowest BCUT2D eigenvalue weighted by molar-refractivity contribution is 0.0793. The summed E-state index contributed by atoms with van der Waals surface area (Å²) in [5.41, 5.74) is 1.80. The molecule has 1 unspecified atom stereocenters. The molecule has 2 saturated heterocycles. The second-order valence-electron chi connectivity index (χ2n) is 7.11. The van der Waals surface area contributed by atoms with Crippen molar-refractivity contribution in [2.75, 3.05) is 44.3 Å². The predicted molar refractivity (Wildman–Crippen MR) is 118 cm³/mol. The van der Waals surface area contributed by atoms with Crippen LogP contribution < -0.4 is 10.3 Å². The van der Waals surface area contributed by atoms with E-state index in [0.29, 0.717) is 48.7 Å². The van der Waals surface area contributed by atoms with Crippen molar-refractivity contribution in [1.82, 2.24) is 4.90 Å². The number of rotatable bonds is 3. The Kier molecular flexibility index (Phi) is 6.83. The first-order valence-electron chi connectivity index (χ1n) is 9.42. The Labute approximate surface area is 182 Å². The van der Waals surface area contributed by atoms with Crippen LogP contribution in [0.25, 0.3) is 11.0 Å². The number of fused-ring (bicyclic) bond motifs is 1. The Balaban J connectivity index is 0.00000225. The molecule has 1 aromatic carbocycles. The first-order chi connectivity index (χ1) is 13.0. The van der Waals surface area contributed by atoms with Gasteiger partial charge in [-0.05, 0) is 31.9 Å². The van der Waals surface area contributed by atoms with Crippen LogP contribution >= 0.6 is 32.9 Å². The molecule has 0 N–H and O–H groups in total. The van der Waals surface area contributed by atoms with Crippen molar-refractivity contribution in [2.45, 2.75) is 24.6 Å². The predicted octanol–water partition coefficient (Wildman–Crippen LogP) is 3.90. The largest absolute Gasteiger partial charge is 0.440 e. The van der Waals surface area contributed by atoms with Crippen molar-refractivity contribution in [3.63, 3.8) is 0 Å². The third-order valence-electron chi connectivity index (χ3n) is 5.24. The summed E-state index contributed by atoms with van der Waals surface area (Å²) in [6, 6.07) is 5.07. The zero-order valence-corrected chi connectivity index (χ0v) is 19.1. The highest BCUT2D eigenvalue weighted by Gasteiger charge is 2.24. The van der Waals surface area contributed by atoms with Crippen molar-refractivity contribution in [3.8, 4) is 0 Å². The van der Waals surface area contributed by atoms with Gasteiger partial charge in [0.25, 0.3) is 5.91 Å². The minimum atomic E-state index is -0.122. The smallest absolute Gasteiger partial charge is 0.253 e. The molecule has 0 saturated carbocycles. The first-order valence-corrected chi connectivity index (χ1v) is 10.3. The van der Waals surface area contributed by atoms with Crippen LogP contribution in [0.1, 0.15) is 40.5 Å². The Bertz CT molecular complexity index is 916. The van der Waals surface area contributed by atoms with Crippen LogP contribution in [-0.2, 0) is 4.74 Å². The summed E-state index contributed by atoms with van der Waals surface area (Å²) >= 11 is 3.60. The zero-order chi connectivity index (χ0) is 19.0. The molecular formula is C20H24Br2N2O4. The van der Waals surface area contributed by atoms with Crippen LogP contribution in [0.4, 0.5) is 5.88 Å². The SMILES string of the molecule is Br.CC(Br)c1cc(C(=O)N2CCCC2)cc2c(=O)cc(N3CCOCC3)oc12. The number of ether oxygens (including phenoxy) is 1. The van der Waals surface area contributed by atoms with E-state index in [4.69, 9.17) is 9.15 Å². The fraction of sp³-hybridized carbons (Fsp3) is 0.500. The fourth-order valence-electron chi connectivity index (χ4n) is 3.73. The van der Waals surface area contributed by atoms with Crippen molar-refractivity contribution >= 4 is 55.7 Å². The van der Waals surface area contributed by atoms with Gasteiger partial charge in [-0.1, -0.05) is 15.9 Å². The van der Waals surface area contributed by atoms with E-state index < -0.39 is 0 Å². The highest BCUT2D eigenvalue weighted by Crippen LogP contribution is 2.32. The molecule has 0 aliphatic carbocycles. The molecular weight excluding hydrogens is 492 g/mol. The minimum Gasteiger partial charge on any atom is -0.440 e. The standard InChI is InChI=1S/C20H23BrN2O4.BrH/c1-13(21)15-10-14(20(25)23-4-2-3-5-23)11-16-17(24)12-18(27-19(15)16)22-6-8-26-9-7-22;/h10-13H,2-9H2,1H3;1H. The van der Waals surface area contributed by atoms with E-state index in [9.17, 15) is 9.59 Å². The van der Waals surface area contributed by atoms with Gasteiger partial charge in [-0.25, -0.2) is 0 Å². The summed E-state index contributed by atoms with van der Waals surface area (Å²) in [5.74, 6) is 0.546. The maximum Gasteiger partial charge on any atom is 0.253 e. The summed E-state index contributed by atoms with van der Waals surface area (Å²) in [5, 5.41) is 0.457. The molecule has 2 aromatic rings. The number of amides is 1. The van der Waals surface area contributed by atoms with Gasteiger partial charge < -0.3 is 19.0 Å². The van der Waals surface area contributed by atoms with Crippen LogP contribution in [0.3, 0.4) is 0 Å². The van der Waals surface area contributed by atoms with Crippen molar-refractivity contribution in [2.24, 2.45) is 0 Å². The fourth-order valence-corrected chi connectivity index (χ4v) is 4.07. The second-order valence-corrected chi connectivity index (χ2v) is 8.48. The lowest BCUT2D eigenvalue weighted by Gasteiger charge is -2.27. The van der Waals surface area contributed by atoms with Gasteiger partial charge in [0.15, 0.2) is 11.3 Å². The number of hydrogen-bond donors (Lipinski definition) is 0. The van der Waals surface area contributed by atoms with Crippen LogP contribution in [-0.4, -0.2) is 50.2 Å².